The highest BCUT2D eigenvalue weighted by molar-refractivity contribution is 5.92. The first-order valence-corrected chi connectivity index (χ1v) is 8.45. The Kier molecular flexibility index (Phi) is 3.83. The fourth-order valence-corrected chi connectivity index (χ4v) is 3.43. The van der Waals surface area contributed by atoms with E-state index in [4.69, 9.17) is 0 Å². The minimum Gasteiger partial charge on any atom is -0.329 e. The fourth-order valence-electron chi connectivity index (χ4n) is 3.43. The Hall–Kier alpha value is -2.96. The number of nitrogens with zero attached hydrogens (tertiary/aromatic N) is 4. The SMILES string of the molecule is Cc1cc(=O)n2[nH]c(C3CCCCN3C(=O)c3ccccn3)cc2n1. The third kappa shape index (κ3) is 2.82. The van der Waals surface area contributed by atoms with Crippen LogP contribution >= 0.6 is 0 Å². The van der Waals surface area contributed by atoms with Gasteiger partial charge in [0.2, 0.25) is 0 Å². The minimum absolute atomic E-state index is 0.0829. The van der Waals surface area contributed by atoms with Crippen LogP contribution in [0.4, 0.5) is 0 Å². The Morgan fingerprint density at radius 2 is 2.16 bits per heavy atom. The predicted molar refractivity (Wildman–Crippen MR) is 92.4 cm³/mol. The number of likely N-dealkylation sites (tertiary alicyclic amines) is 1. The van der Waals surface area contributed by atoms with Gasteiger partial charge >= 0.3 is 0 Å². The summed E-state index contributed by atoms with van der Waals surface area (Å²) in [6.45, 7) is 2.47. The standard InChI is InChI=1S/C18H19N5O2/c1-12-10-17(24)23-16(20-12)11-14(21-23)15-7-3-5-9-22(15)18(25)13-6-2-4-8-19-13/h2,4,6,8,10-11,15,21H,3,5,7,9H2,1H3. The number of carbonyl (C=O) groups excluding carboxylic acids is 1. The first-order valence-electron chi connectivity index (χ1n) is 8.45. The van der Waals surface area contributed by atoms with Crippen LogP contribution in [0.2, 0.25) is 0 Å². The summed E-state index contributed by atoms with van der Waals surface area (Å²) in [6, 6.07) is 8.59. The molecule has 0 bridgehead atoms. The number of nitrogens with one attached hydrogen (secondary N) is 1. The molecule has 1 fully saturated rings. The Balaban J connectivity index is 1.73. The molecule has 0 aliphatic carbocycles. The molecule has 128 valence electrons. The summed E-state index contributed by atoms with van der Waals surface area (Å²) in [5.41, 5.74) is 2.39. The second kappa shape index (κ2) is 6.16. The maximum absolute atomic E-state index is 12.9. The molecule has 0 spiro atoms. The predicted octanol–water partition coefficient (Wildman–Crippen LogP) is 2.09. The molecule has 3 aromatic heterocycles. The number of hydrogen-bond acceptors (Lipinski definition) is 4. The van der Waals surface area contributed by atoms with E-state index in [0.717, 1.165) is 25.0 Å². The molecule has 1 atom stereocenters. The molecule has 0 radical (unpaired) electrons. The van der Waals surface area contributed by atoms with E-state index in [1.165, 1.54) is 10.6 Å². The summed E-state index contributed by atoms with van der Waals surface area (Å²) in [4.78, 5) is 35.4. The van der Waals surface area contributed by atoms with Crippen molar-refractivity contribution in [3.8, 4) is 0 Å². The number of aryl methyl sites for hydroxylation is 1. The van der Waals surface area contributed by atoms with Gasteiger partial charge in [-0.3, -0.25) is 19.7 Å². The molecule has 4 heterocycles. The highest BCUT2D eigenvalue weighted by Crippen LogP contribution is 2.31. The zero-order valence-corrected chi connectivity index (χ0v) is 14.0. The number of rotatable bonds is 2. The fraction of sp³-hybridized carbons (Fsp3) is 0.333. The van der Waals surface area contributed by atoms with E-state index in [2.05, 4.69) is 15.1 Å². The van der Waals surface area contributed by atoms with Gasteiger partial charge in [-0.05, 0) is 38.3 Å². The molecule has 7 nitrogen and oxygen atoms in total. The quantitative estimate of drug-likeness (QED) is 0.776. The van der Waals surface area contributed by atoms with Crippen molar-refractivity contribution in [2.45, 2.75) is 32.2 Å². The molecule has 4 rings (SSSR count). The largest absolute Gasteiger partial charge is 0.329 e. The molecule has 25 heavy (non-hydrogen) atoms. The van der Waals surface area contributed by atoms with Gasteiger partial charge in [0.25, 0.3) is 11.5 Å². The smallest absolute Gasteiger partial charge is 0.273 e. The van der Waals surface area contributed by atoms with Crippen molar-refractivity contribution in [2.24, 2.45) is 0 Å². The maximum atomic E-state index is 12.9. The molecule has 1 unspecified atom stereocenters. The van der Waals surface area contributed by atoms with Gasteiger partial charge in [-0.1, -0.05) is 6.07 Å². The number of aromatic nitrogens is 4. The Bertz CT molecular complexity index is 976. The van der Waals surface area contributed by atoms with E-state index < -0.39 is 0 Å². The van der Waals surface area contributed by atoms with Crippen LogP contribution < -0.4 is 5.56 Å². The monoisotopic (exact) mass is 337 g/mol. The lowest BCUT2D eigenvalue weighted by atomic mass is 9.99. The lowest BCUT2D eigenvalue weighted by molar-refractivity contribution is 0.0599. The van der Waals surface area contributed by atoms with E-state index in [1.807, 2.05) is 17.0 Å². The molecular weight excluding hydrogens is 318 g/mol. The molecule has 7 heteroatoms. The number of fused-ring (bicyclic) bond motifs is 1. The van der Waals surface area contributed by atoms with Gasteiger partial charge in [-0.25, -0.2) is 9.50 Å². The Morgan fingerprint density at radius 3 is 2.96 bits per heavy atom. The van der Waals surface area contributed by atoms with Gasteiger partial charge in [-0.15, -0.1) is 0 Å². The summed E-state index contributed by atoms with van der Waals surface area (Å²) in [6.07, 6.45) is 4.47. The second-order valence-corrected chi connectivity index (χ2v) is 6.37. The van der Waals surface area contributed by atoms with Gasteiger partial charge in [0, 0.05) is 30.6 Å². The summed E-state index contributed by atoms with van der Waals surface area (Å²) < 4.78 is 1.43. The summed E-state index contributed by atoms with van der Waals surface area (Å²) in [5.74, 6) is -0.0829. The van der Waals surface area contributed by atoms with Gasteiger partial charge in [0.15, 0.2) is 5.65 Å². The van der Waals surface area contributed by atoms with Crippen molar-refractivity contribution in [2.75, 3.05) is 6.54 Å². The number of piperidine rings is 1. The molecule has 0 aromatic carbocycles. The highest BCUT2D eigenvalue weighted by atomic mass is 16.2. The molecule has 0 saturated carbocycles. The number of aromatic amines is 1. The van der Waals surface area contributed by atoms with Crippen molar-refractivity contribution >= 4 is 11.6 Å². The zero-order chi connectivity index (χ0) is 17.4. The Labute approximate surface area is 144 Å². The molecule has 1 aliphatic heterocycles. The van der Waals surface area contributed by atoms with E-state index in [1.54, 1.807) is 25.3 Å². The molecule has 1 N–H and O–H groups in total. The zero-order valence-electron chi connectivity index (χ0n) is 14.0. The number of hydrogen-bond donors (Lipinski definition) is 1. The number of H-pyrrole nitrogens is 1. The van der Waals surface area contributed by atoms with Crippen LogP contribution in [0.3, 0.4) is 0 Å². The molecule has 3 aromatic rings. The lowest BCUT2D eigenvalue weighted by Crippen LogP contribution is -2.39. The van der Waals surface area contributed by atoms with Crippen molar-refractivity contribution in [1.82, 2.24) is 24.5 Å². The van der Waals surface area contributed by atoms with Crippen LogP contribution in [0.25, 0.3) is 5.65 Å². The normalized spacial score (nSPS) is 17.8. The van der Waals surface area contributed by atoms with Crippen LogP contribution in [-0.4, -0.2) is 36.9 Å². The highest BCUT2D eigenvalue weighted by Gasteiger charge is 2.30. The number of amides is 1. The van der Waals surface area contributed by atoms with E-state index in [-0.39, 0.29) is 17.5 Å². The van der Waals surface area contributed by atoms with Gasteiger partial charge < -0.3 is 4.90 Å². The van der Waals surface area contributed by atoms with E-state index >= 15 is 0 Å². The first kappa shape index (κ1) is 15.6. The third-order valence-electron chi connectivity index (χ3n) is 4.60. The molecule has 1 saturated heterocycles. The average Bonchev–Trinajstić information content (AvgIpc) is 3.06. The van der Waals surface area contributed by atoms with Crippen LogP contribution in [-0.2, 0) is 0 Å². The van der Waals surface area contributed by atoms with Gasteiger partial charge in [0.1, 0.15) is 5.69 Å². The van der Waals surface area contributed by atoms with Crippen molar-refractivity contribution in [1.29, 1.82) is 0 Å². The van der Waals surface area contributed by atoms with E-state index in [9.17, 15) is 9.59 Å². The Morgan fingerprint density at radius 1 is 1.28 bits per heavy atom. The summed E-state index contributed by atoms with van der Waals surface area (Å²) in [7, 11) is 0. The minimum atomic E-state index is -0.146. The molecular formula is C18H19N5O2. The molecule has 1 amide bonds. The lowest BCUT2D eigenvalue weighted by Gasteiger charge is -2.34. The first-order chi connectivity index (χ1) is 12.1. The van der Waals surface area contributed by atoms with Crippen molar-refractivity contribution in [3.63, 3.8) is 0 Å². The van der Waals surface area contributed by atoms with Crippen LogP contribution in [0, 0.1) is 6.92 Å². The average molecular weight is 337 g/mol. The summed E-state index contributed by atoms with van der Waals surface area (Å²) >= 11 is 0. The molecule has 1 aliphatic rings. The van der Waals surface area contributed by atoms with E-state index in [0.29, 0.717) is 23.6 Å². The van der Waals surface area contributed by atoms with Crippen LogP contribution in [0.1, 0.15) is 47.2 Å². The van der Waals surface area contributed by atoms with Crippen molar-refractivity contribution < 1.29 is 4.79 Å². The second-order valence-electron chi connectivity index (χ2n) is 6.37. The summed E-state index contributed by atoms with van der Waals surface area (Å²) in [5, 5.41) is 3.12. The van der Waals surface area contributed by atoms with Crippen LogP contribution in [0.5, 0.6) is 0 Å². The number of pyridine rings is 1. The number of carbonyl (C=O) groups is 1. The third-order valence-corrected chi connectivity index (χ3v) is 4.60. The topological polar surface area (TPSA) is 83.4 Å². The van der Waals surface area contributed by atoms with Crippen LogP contribution in [0.15, 0.2) is 41.3 Å². The van der Waals surface area contributed by atoms with Gasteiger partial charge in [-0.2, -0.15) is 0 Å². The van der Waals surface area contributed by atoms with Crippen molar-refractivity contribution in [3.05, 3.63) is 64.0 Å². The maximum Gasteiger partial charge on any atom is 0.273 e. The van der Waals surface area contributed by atoms with Gasteiger partial charge in [0.05, 0.1) is 11.7 Å².